The van der Waals surface area contributed by atoms with E-state index < -0.39 is 0 Å². The Morgan fingerprint density at radius 2 is 1.88 bits per heavy atom. The van der Waals surface area contributed by atoms with Crippen molar-refractivity contribution in [3.63, 3.8) is 0 Å². The van der Waals surface area contributed by atoms with Gasteiger partial charge in [0.15, 0.2) is 0 Å². The number of hydrogen-bond acceptors (Lipinski definition) is 2. The molecule has 1 aromatic rings. The highest BCUT2D eigenvalue weighted by Crippen LogP contribution is 2.24. The number of anilines is 1. The molecule has 0 aliphatic heterocycles. The minimum absolute atomic E-state index is 0.373. The molecule has 0 atom stereocenters. The minimum atomic E-state index is -0.373. The zero-order valence-electron chi connectivity index (χ0n) is 9.41. The zero-order chi connectivity index (χ0) is 11.4. The van der Waals surface area contributed by atoms with E-state index in [4.69, 9.17) is 5.73 Å². The molecule has 86 valence electrons. The second kappa shape index (κ2) is 5.01. The van der Waals surface area contributed by atoms with Crippen LogP contribution in [0.1, 0.15) is 36.0 Å². The lowest BCUT2D eigenvalue weighted by Gasteiger charge is -2.11. The van der Waals surface area contributed by atoms with E-state index >= 15 is 0 Å². The van der Waals surface area contributed by atoms with Gasteiger partial charge in [-0.05, 0) is 43.0 Å². The maximum Gasteiger partial charge on any atom is 0.248 e. The molecule has 0 spiro atoms. The quantitative estimate of drug-likeness (QED) is 0.815. The molecule has 0 unspecified atom stereocenters. The maximum absolute atomic E-state index is 10.9. The first-order valence-corrected chi connectivity index (χ1v) is 5.89. The number of rotatable bonds is 4. The van der Waals surface area contributed by atoms with Crippen LogP contribution in [-0.4, -0.2) is 12.5 Å². The number of primary amides is 1. The Labute approximate surface area is 96.0 Å². The lowest BCUT2D eigenvalue weighted by molar-refractivity contribution is 0.100. The Balaban J connectivity index is 1.87. The second-order valence-corrected chi connectivity index (χ2v) is 4.47. The molecule has 3 heteroatoms. The molecule has 1 amide bonds. The molecular weight excluding hydrogens is 200 g/mol. The normalized spacial score (nSPS) is 16.2. The van der Waals surface area contributed by atoms with Crippen molar-refractivity contribution in [2.24, 2.45) is 11.7 Å². The van der Waals surface area contributed by atoms with Gasteiger partial charge in [0.1, 0.15) is 0 Å². The summed E-state index contributed by atoms with van der Waals surface area (Å²) in [4.78, 5) is 10.9. The van der Waals surface area contributed by atoms with Crippen molar-refractivity contribution in [3.8, 4) is 0 Å². The summed E-state index contributed by atoms with van der Waals surface area (Å²) in [5.41, 5.74) is 6.81. The molecule has 1 aromatic carbocycles. The van der Waals surface area contributed by atoms with Crippen LogP contribution in [-0.2, 0) is 0 Å². The molecule has 2 rings (SSSR count). The molecule has 1 aliphatic rings. The highest BCUT2D eigenvalue weighted by Gasteiger charge is 2.14. The lowest BCUT2D eigenvalue weighted by atomic mass is 10.1. The van der Waals surface area contributed by atoms with Gasteiger partial charge in [-0.3, -0.25) is 4.79 Å². The van der Waals surface area contributed by atoms with Crippen molar-refractivity contribution in [3.05, 3.63) is 29.8 Å². The monoisotopic (exact) mass is 218 g/mol. The van der Waals surface area contributed by atoms with Crippen molar-refractivity contribution in [1.82, 2.24) is 0 Å². The molecule has 1 saturated carbocycles. The van der Waals surface area contributed by atoms with E-state index in [-0.39, 0.29) is 5.91 Å². The van der Waals surface area contributed by atoms with E-state index in [1.807, 2.05) is 12.1 Å². The standard InChI is InChI=1S/C13H18N2O/c14-13(16)11-5-7-12(8-6-11)15-9-10-3-1-2-4-10/h5-8,10,15H,1-4,9H2,(H2,14,16). The van der Waals surface area contributed by atoms with Gasteiger partial charge >= 0.3 is 0 Å². The molecular formula is C13H18N2O. The van der Waals surface area contributed by atoms with Gasteiger partial charge in [0.25, 0.3) is 0 Å². The molecule has 0 heterocycles. The van der Waals surface area contributed by atoms with Crippen LogP contribution >= 0.6 is 0 Å². The first kappa shape index (κ1) is 11.0. The van der Waals surface area contributed by atoms with Crippen molar-refractivity contribution in [1.29, 1.82) is 0 Å². The molecule has 0 radical (unpaired) electrons. The van der Waals surface area contributed by atoms with Crippen LogP contribution < -0.4 is 11.1 Å². The summed E-state index contributed by atoms with van der Waals surface area (Å²) < 4.78 is 0. The van der Waals surface area contributed by atoms with Crippen LogP contribution in [0.3, 0.4) is 0 Å². The van der Waals surface area contributed by atoms with Crippen LogP contribution in [0.2, 0.25) is 0 Å². The summed E-state index contributed by atoms with van der Waals surface area (Å²) in [7, 11) is 0. The lowest BCUT2D eigenvalue weighted by Crippen LogP contribution is -2.12. The van der Waals surface area contributed by atoms with Crippen LogP contribution in [0, 0.1) is 5.92 Å². The highest BCUT2D eigenvalue weighted by molar-refractivity contribution is 5.93. The van der Waals surface area contributed by atoms with Crippen molar-refractivity contribution in [2.75, 3.05) is 11.9 Å². The summed E-state index contributed by atoms with van der Waals surface area (Å²) in [5, 5.41) is 3.40. The minimum Gasteiger partial charge on any atom is -0.385 e. The summed E-state index contributed by atoms with van der Waals surface area (Å²) in [5.74, 6) is 0.443. The van der Waals surface area contributed by atoms with Gasteiger partial charge in [-0.2, -0.15) is 0 Å². The van der Waals surface area contributed by atoms with Crippen LogP contribution in [0.4, 0.5) is 5.69 Å². The smallest absolute Gasteiger partial charge is 0.248 e. The van der Waals surface area contributed by atoms with E-state index in [0.717, 1.165) is 18.2 Å². The first-order valence-electron chi connectivity index (χ1n) is 5.89. The maximum atomic E-state index is 10.9. The third-order valence-electron chi connectivity index (χ3n) is 3.24. The van der Waals surface area contributed by atoms with Gasteiger partial charge in [0.05, 0.1) is 0 Å². The topological polar surface area (TPSA) is 55.1 Å². The van der Waals surface area contributed by atoms with Gasteiger partial charge in [-0.1, -0.05) is 12.8 Å². The summed E-state index contributed by atoms with van der Waals surface area (Å²) >= 11 is 0. The summed E-state index contributed by atoms with van der Waals surface area (Å²) in [6.07, 6.45) is 5.42. The van der Waals surface area contributed by atoms with Crippen LogP contribution in [0.5, 0.6) is 0 Å². The molecule has 16 heavy (non-hydrogen) atoms. The Kier molecular flexibility index (Phi) is 3.44. The number of nitrogens with two attached hydrogens (primary N) is 1. The first-order chi connectivity index (χ1) is 7.75. The molecule has 1 fully saturated rings. The van der Waals surface area contributed by atoms with Gasteiger partial charge in [-0.25, -0.2) is 0 Å². The largest absolute Gasteiger partial charge is 0.385 e. The summed E-state index contributed by atoms with van der Waals surface area (Å²) in [6.45, 7) is 1.04. The molecule has 3 N–H and O–H groups in total. The van der Waals surface area contributed by atoms with Crippen LogP contribution in [0.25, 0.3) is 0 Å². The molecule has 0 saturated heterocycles. The number of carbonyl (C=O) groups is 1. The Morgan fingerprint density at radius 1 is 1.25 bits per heavy atom. The molecule has 3 nitrogen and oxygen atoms in total. The number of amides is 1. The van der Waals surface area contributed by atoms with Crippen molar-refractivity contribution >= 4 is 11.6 Å². The fourth-order valence-electron chi connectivity index (χ4n) is 2.23. The van der Waals surface area contributed by atoms with Gasteiger partial charge in [0, 0.05) is 17.8 Å². The van der Waals surface area contributed by atoms with Crippen molar-refractivity contribution < 1.29 is 4.79 Å². The average Bonchev–Trinajstić information content (AvgIpc) is 2.80. The fourth-order valence-corrected chi connectivity index (χ4v) is 2.23. The summed E-state index contributed by atoms with van der Waals surface area (Å²) in [6, 6.07) is 7.35. The fraction of sp³-hybridized carbons (Fsp3) is 0.462. The van der Waals surface area contributed by atoms with E-state index in [1.165, 1.54) is 25.7 Å². The second-order valence-electron chi connectivity index (χ2n) is 4.47. The highest BCUT2D eigenvalue weighted by atomic mass is 16.1. The predicted octanol–water partition coefficient (Wildman–Crippen LogP) is 2.39. The Hall–Kier alpha value is -1.51. The van der Waals surface area contributed by atoms with Gasteiger partial charge < -0.3 is 11.1 Å². The van der Waals surface area contributed by atoms with E-state index in [2.05, 4.69) is 5.32 Å². The van der Waals surface area contributed by atoms with E-state index in [1.54, 1.807) is 12.1 Å². The van der Waals surface area contributed by atoms with Gasteiger partial charge in [-0.15, -0.1) is 0 Å². The molecule has 0 bridgehead atoms. The van der Waals surface area contributed by atoms with E-state index in [0.29, 0.717) is 5.56 Å². The van der Waals surface area contributed by atoms with Gasteiger partial charge in [0.2, 0.25) is 5.91 Å². The number of nitrogens with one attached hydrogen (secondary N) is 1. The number of benzene rings is 1. The Morgan fingerprint density at radius 3 is 2.44 bits per heavy atom. The third-order valence-corrected chi connectivity index (χ3v) is 3.24. The Bertz CT molecular complexity index is 353. The van der Waals surface area contributed by atoms with Crippen LogP contribution in [0.15, 0.2) is 24.3 Å². The zero-order valence-corrected chi connectivity index (χ0v) is 9.41. The molecule has 1 aliphatic carbocycles. The van der Waals surface area contributed by atoms with E-state index in [9.17, 15) is 4.79 Å². The molecule has 0 aromatic heterocycles. The average molecular weight is 218 g/mol. The number of hydrogen-bond donors (Lipinski definition) is 2. The predicted molar refractivity (Wildman–Crippen MR) is 65.4 cm³/mol. The van der Waals surface area contributed by atoms with Crippen molar-refractivity contribution in [2.45, 2.75) is 25.7 Å². The SMILES string of the molecule is NC(=O)c1ccc(NCC2CCCC2)cc1. The number of carbonyl (C=O) groups excluding carboxylic acids is 1. The third kappa shape index (κ3) is 2.75.